The molecule has 0 saturated heterocycles. The highest BCUT2D eigenvalue weighted by molar-refractivity contribution is 6.05. The SMILES string of the molecule is CC(=O)c1c(OCCN(C(=O)OC(C)(C)C)C(N)=NC(=O)OC(C)(C)C)c(OCCC(C)c2ccc(F)cc2)c2oc(C)nc2c1C. The van der Waals surface area contributed by atoms with Gasteiger partial charge in [0.25, 0.3) is 0 Å². The van der Waals surface area contributed by atoms with Crippen molar-refractivity contribution in [3.63, 3.8) is 0 Å². The highest BCUT2D eigenvalue weighted by Gasteiger charge is 2.29. The van der Waals surface area contributed by atoms with Crippen molar-refractivity contribution in [1.29, 1.82) is 0 Å². The molecule has 0 aliphatic carbocycles. The molecule has 3 rings (SSSR count). The second-order valence-electron chi connectivity index (χ2n) is 13.1. The molecule has 2 amide bonds. The van der Waals surface area contributed by atoms with Crippen molar-refractivity contribution in [2.24, 2.45) is 10.7 Å². The number of ether oxygens (including phenoxy) is 4. The number of guanidine groups is 1. The number of aryl methyl sites for hydroxylation is 2. The maximum Gasteiger partial charge on any atom is 0.437 e. The molecular formula is C34H45FN4O8. The summed E-state index contributed by atoms with van der Waals surface area (Å²) in [6, 6.07) is 6.26. The van der Waals surface area contributed by atoms with Crippen LogP contribution in [0.15, 0.2) is 33.7 Å². The number of fused-ring (bicyclic) bond motifs is 1. The number of halogens is 1. The number of aliphatic imine (C=N–C) groups is 1. The van der Waals surface area contributed by atoms with Crippen molar-refractivity contribution in [3.05, 3.63) is 52.7 Å². The van der Waals surface area contributed by atoms with E-state index in [0.29, 0.717) is 29.0 Å². The molecule has 47 heavy (non-hydrogen) atoms. The van der Waals surface area contributed by atoms with Crippen LogP contribution in [0.25, 0.3) is 11.1 Å². The van der Waals surface area contributed by atoms with Crippen molar-refractivity contribution in [1.82, 2.24) is 9.88 Å². The third-order valence-electron chi connectivity index (χ3n) is 6.74. The summed E-state index contributed by atoms with van der Waals surface area (Å²) in [5.74, 6) is -0.434. The van der Waals surface area contributed by atoms with Gasteiger partial charge in [-0.05, 0) is 91.0 Å². The van der Waals surface area contributed by atoms with Gasteiger partial charge in [-0.3, -0.25) is 4.79 Å². The average molecular weight is 657 g/mol. The summed E-state index contributed by atoms with van der Waals surface area (Å²) in [5, 5.41) is 0. The first-order valence-electron chi connectivity index (χ1n) is 15.3. The molecule has 0 spiro atoms. The third kappa shape index (κ3) is 10.2. The molecule has 2 N–H and O–H groups in total. The maximum atomic E-state index is 13.4. The number of aromatic nitrogens is 1. The number of rotatable bonds is 10. The minimum absolute atomic E-state index is 0.0271. The van der Waals surface area contributed by atoms with Gasteiger partial charge in [0.1, 0.15) is 29.1 Å². The fraction of sp³-hybridized carbons (Fsp3) is 0.500. The summed E-state index contributed by atoms with van der Waals surface area (Å²) in [6.07, 6.45) is -1.32. The van der Waals surface area contributed by atoms with Gasteiger partial charge in [-0.25, -0.2) is 23.9 Å². The summed E-state index contributed by atoms with van der Waals surface area (Å²) < 4.78 is 42.5. The van der Waals surface area contributed by atoms with Crippen LogP contribution in [0, 0.1) is 19.7 Å². The van der Waals surface area contributed by atoms with Crippen LogP contribution in [0.3, 0.4) is 0 Å². The lowest BCUT2D eigenvalue weighted by Crippen LogP contribution is -2.47. The molecule has 12 nitrogen and oxygen atoms in total. The minimum Gasteiger partial charge on any atom is -0.487 e. The normalized spacial score (nSPS) is 12.9. The van der Waals surface area contributed by atoms with Gasteiger partial charge in [0, 0.05) is 6.92 Å². The molecule has 1 atom stereocenters. The highest BCUT2D eigenvalue weighted by Crippen LogP contribution is 2.43. The molecule has 2 aromatic carbocycles. The lowest BCUT2D eigenvalue weighted by Gasteiger charge is -2.27. The van der Waals surface area contributed by atoms with Gasteiger partial charge >= 0.3 is 12.2 Å². The number of oxazole rings is 1. The molecule has 1 aromatic heterocycles. The van der Waals surface area contributed by atoms with Crippen molar-refractivity contribution < 1.29 is 42.1 Å². The average Bonchev–Trinajstić information content (AvgIpc) is 3.32. The van der Waals surface area contributed by atoms with Crippen LogP contribution in [-0.2, 0) is 9.47 Å². The Labute approximate surface area is 274 Å². The number of carbonyl (C=O) groups excluding carboxylic acids is 3. The lowest BCUT2D eigenvalue weighted by molar-refractivity contribution is 0.0349. The summed E-state index contributed by atoms with van der Waals surface area (Å²) in [6.45, 7) is 16.6. The van der Waals surface area contributed by atoms with Crippen molar-refractivity contribution in [2.45, 2.75) is 92.8 Å². The number of nitrogens with two attached hydrogens (primary N) is 1. The van der Waals surface area contributed by atoms with E-state index in [1.54, 1.807) is 67.5 Å². The Morgan fingerprint density at radius 3 is 2.15 bits per heavy atom. The molecule has 0 bridgehead atoms. The van der Waals surface area contributed by atoms with Crippen LogP contribution in [0.5, 0.6) is 11.5 Å². The van der Waals surface area contributed by atoms with Crippen molar-refractivity contribution in [3.8, 4) is 11.5 Å². The largest absolute Gasteiger partial charge is 0.487 e. The molecule has 13 heteroatoms. The molecule has 0 radical (unpaired) electrons. The van der Waals surface area contributed by atoms with Gasteiger partial charge in [-0.2, -0.15) is 0 Å². The molecule has 0 saturated carbocycles. The molecule has 256 valence electrons. The van der Waals surface area contributed by atoms with Crippen LogP contribution >= 0.6 is 0 Å². The predicted octanol–water partition coefficient (Wildman–Crippen LogP) is 7.22. The van der Waals surface area contributed by atoms with Gasteiger partial charge in [0.2, 0.25) is 17.3 Å². The lowest BCUT2D eigenvalue weighted by atomic mass is 9.98. The van der Waals surface area contributed by atoms with E-state index in [-0.39, 0.29) is 54.3 Å². The minimum atomic E-state index is -0.990. The Morgan fingerprint density at radius 1 is 0.979 bits per heavy atom. The van der Waals surface area contributed by atoms with E-state index >= 15 is 0 Å². The van der Waals surface area contributed by atoms with Crippen LogP contribution in [0.1, 0.15) is 95.1 Å². The number of hydrogen-bond donors (Lipinski definition) is 1. The molecule has 3 aromatic rings. The van der Waals surface area contributed by atoms with Crippen molar-refractivity contribution in [2.75, 3.05) is 19.8 Å². The monoisotopic (exact) mass is 656 g/mol. The zero-order valence-electron chi connectivity index (χ0n) is 28.8. The van der Waals surface area contributed by atoms with E-state index in [1.807, 2.05) is 6.92 Å². The highest BCUT2D eigenvalue weighted by atomic mass is 19.1. The molecule has 0 fully saturated rings. The summed E-state index contributed by atoms with van der Waals surface area (Å²) in [7, 11) is 0. The van der Waals surface area contributed by atoms with Crippen LogP contribution in [0.2, 0.25) is 0 Å². The first-order chi connectivity index (χ1) is 21.8. The number of amides is 2. The summed E-state index contributed by atoms with van der Waals surface area (Å²) in [5.41, 5.74) is 6.81. The van der Waals surface area contributed by atoms with E-state index < -0.39 is 29.3 Å². The zero-order chi connectivity index (χ0) is 35.3. The van der Waals surface area contributed by atoms with Gasteiger partial charge in [0.15, 0.2) is 17.4 Å². The zero-order valence-corrected chi connectivity index (χ0v) is 28.8. The number of hydrogen-bond acceptors (Lipinski definition) is 9. The summed E-state index contributed by atoms with van der Waals surface area (Å²) in [4.78, 5) is 47.6. The van der Waals surface area contributed by atoms with E-state index in [0.717, 1.165) is 10.5 Å². The first-order valence-corrected chi connectivity index (χ1v) is 15.3. The van der Waals surface area contributed by atoms with Gasteiger partial charge < -0.3 is 29.1 Å². The van der Waals surface area contributed by atoms with Gasteiger partial charge in [-0.15, -0.1) is 4.99 Å². The third-order valence-corrected chi connectivity index (χ3v) is 6.74. The van der Waals surface area contributed by atoms with E-state index in [1.165, 1.54) is 19.1 Å². The molecule has 0 aliphatic rings. The smallest absolute Gasteiger partial charge is 0.437 e. The van der Waals surface area contributed by atoms with E-state index in [4.69, 9.17) is 29.1 Å². The molecule has 1 heterocycles. The van der Waals surface area contributed by atoms with E-state index in [9.17, 15) is 18.8 Å². The molecule has 1 unspecified atom stereocenters. The van der Waals surface area contributed by atoms with Gasteiger partial charge in [-0.1, -0.05) is 19.1 Å². The second kappa shape index (κ2) is 14.8. The second-order valence-corrected chi connectivity index (χ2v) is 13.1. The number of nitrogens with zero attached hydrogens (tertiary/aromatic N) is 3. The Morgan fingerprint density at radius 2 is 1.57 bits per heavy atom. The van der Waals surface area contributed by atoms with Crippen LogP contribution in [-0.4, -0.2) is 64.8 Å². The Hall–Kier alpha value is -4.68. The standard InChI is InChI=1S/C34H45FN4O8/c1-19(23-11-13-24(35)14-12-23)15-17-43-29-27(25(21(3)40)20(2)26-28(29)45-22(4)37-26)44-18-16-39(32(42)47-34(8,9)10)30(36)38-31(41)46-33(5,6)7/h11-14,19H,15-18H2,1-10H3,(H2,36,38,41). The van der Waals surface area contributed by atoms with E-state index in [2.05, 4.69) is 9.98 Å². The number of ketones is 1. The fourth-order valence-electron chi connectivity index (χ4n) is 4.62. The topological polar surface area (TPSA) is 156 Å². The fourth-order valence-corrected chi connectivity index (χ4v) is 4.62. The molecular weight excluding hydrogens is 611 g/mol. The number of Topliss-reactive ketones (excluding diaryl/α,β-unsaturated/α-hetero) is 1. The summed E-state index contributed by atoms with van der Waals surface area (Å²) >= 11 is 0. The maximum absolute atomic E-state index is 13.4. The Kier molecular flexibility index (Phi) is 11.6. The van der Waals surface area contributed by atoms with Crippen LogP contribution in [0.4, 0.5) is 14.0 Å². The predicted molar refractivity (Wildman–Crippen MR) is 175 cm³/mol. The Balaban J connectivity index is 1.95. The molecule has 0 aliphatic heterocycles. The van der Waals surface area contributed by atoms with Crippen molar-refractivity contribution >= 4 is 35.0 Å². The van der Waals surface area contributed by atoms with Crippen LogP contribution < -0.4 is 15.2 Å². The quantitative estimate of drug-likeness (QED) is 0.134. The Bertz CT molecular complexity index is 1630. The van der Waals surface area contributed by atoms with Gasteiger partial charge in [0.05, 0.1) is 18.7 Å². The number of carbonyl (C=O) groups is 3. The first kappa shape index (κ1) is 36.8. The number of benzene rings is 2.